The van der Waals surface area contributed by atoms with Gasteiger partial charge in [0.05, 0.1) is 6.61 Å². The highest BCUT2D eigenvalue weighted by atomic mass is 16.5. The molecule has 4 heteroatoms. The van der Waals surface area contributed by atoms with Crippen LogP contribution in [0.4, 0.5) is 0 Å². The van der Waals surface area contributed by atoms with Gasteiger partial charge in [0.1, 0.15) is 6.61 Å². The highest BCUT2D eigenvalue weighted by Crippen LogP contribution is 2.27. The molecule has 1 rings (SSSR count). The van der Waals surface area contributed by atoms with E-state index in [9.17, 15) is 4.79 Å². The van der Waals surface area contributed by atoms with E-state index in [4.69, 9.17) is 4.74 Å². The van der Waals surface area contributed by atoms with Crippen molar-refractivity contribution in [2.75, 3.05) is 33.4 Å². The predicted molar refractivity (Wildman–Crippen MR) is 50.5 cm³/mol. The van der Waals surface area contributed by atoms with E-state index in [0.717, 1.165) is 19.0 Å². The number of amides is 1. The monoisotopic (exact) mass is 186 g/mol. The summed E-state index contributed by atoms with van der Waals surface area (Å²) in [5.41, 5.74) is 0. The van der Waals surface area contributed by atoms with Crippen LogP contribution in [0, 0.1) is 5.92 Å². The van der Waals surface area contributed by atoms with Gasteiger partial charge in [-0.1, -0.05) is 0 Å². The number of carbonyl (C=O) groups is 1. The molecule has 76 valence electrons. The van der Waals surface area contributed by atoms with E-state index in [0.29, 0.717) is 6.61 Å². The fourth-order valence-corrected chi connectivity index (χ4v) is 0.970. The first-order chi connectivity index (χ1) is 6.33. The highest BCUT2D eigenvalue weighted by molar-refractivity contribution is 5.77. The average molecular weight is 186 g/mol. The van der Waals surface area contributed by atoms with Crippen LogP contribution in [-0.4, -0.2) is 39.3 Å². The lowest BCUT2D eigenvalue weighted by Gasteiger charge is -2.04. The maximum absolute atomic E-state index is 11.1. The lowest BCUT2D eigenvalue weighted by molar-refractivity contribution is -0.125. The number of ether oxygens (including phenoxy) is 1. The number of hydrogen-bond acceptors (Lipinski definition) is 3. The predicted octanol–water partition coefficient (Wildman–Crippen LogP) is -0.251. The third-order valence-corrected chi connectivity index (χ3v) is 2.01. The highest BCUT2D eigenvalue weighted by Gasteiger charge is 2.21. The number of rotatable bonds is 7. The Bertz CT molecular complexity index is 158. The van der Waals surface area contributed by atoms with Gasteiger partial charge in [0.2, 0.25) is 5.91 Å². The molecule has 0 aliphatic heterocycles. The van der Waals surface area contributed by atoms with Crippen LogP contribution in [0.5, 0.6) is 0 Å². The molecule has 1 saturated carbocycles. The maximum atomic E-state index is 11.1. The van der Waals surface area contributed by atoms with Crippen LogP contribution < -0.4 is 10.6 Å². The molecule has 1 fully saturated rings. The smallest absolute Gasteiger partial charge is 0.246 e. The quantitative estimate of drug-likeness (QED) is 0.539. The molecule has 0 unspecified atom stereocenters. The molecule has 0 heterocycles. The SMILES string of the molecule is CNCCOCC(=O)NCC1CC1. The van der Waals surface area contributed by atoms with Crippen molar-refractivity contribution in [3.8, 4) is 0 Å². The topological polar surface area (TPSA) is 50.4 Å². The molecule has 4 nitrogen and oxygen atoms in total. The summed E-state index contributed by atoms with van der Waals surface area (Å²) >= 11 is 0. The molecule has 1 amide bonds. The zero-order valence-corrected chi connectivity index (χ0v) is 8.14. The minimum atomic E-state index is 0.00278. The van der Waals surface area contributed by atoms with Crippen molar-refractivity contribution in [2.24, 2.45) is 5.92 Å². The molecule has 0 atom stereocenters. The van der Waals surface area contributed by atoms with Crippen LogP contribution in [0.3, 0.4) is 0 Å². The first-order valence-electron chi connectivity index (χ1n) is 4.82. The summed E-state index contributed by atoms with van der Waals surface area (Å²) in [4.78, 5) is 11.1. The molecule has 0 spiro atoms. The first-order valence-corrected chi connectivity index (χ1v) is 4.82. The second-order valence-electron chi connectivity index (χ2n) is 3.40. The van der Waals surface area contributed by atoms with Crippen molar-refractivity contribution in [3.05, 3.63) is 0 Å². The summed E-state index contributed by atoms with van der Waals surface area (Å²) in [5, 5.41) is 5.78. The van der Waals surface area contributed by atoms with Crippen molar-refractivity contribution < 1.29 is 9.53 Å². The molecule has 0 aromatic carbocycles. The van der Waals surface area contributed by atoms with Crippen molar-refractivity contribution in [1.29, 1.82) is 0 Å². The van der Waals surface area contributed by atoms with Crippen LogP contribution >= 0.6 is 0 Å². The van der Waals surface area contributed by atoms with Gasteiger partial charge in [0.15, 0.2) is 0 Å². The van der Waals surface area contributed by atoms with Gasteiger partial charge in [-0.15, -0.1) is 0 Å². The van der Waals surface area contributed by atoms with Crippen LogP contribution in [0.2, 0.25) is 0 Å². The molecule has 2 N–H and O–H groups in total. The third kappa shape index (κ3) is 5.60. The lowest BCUT2D eigenvalue weighted by Crippen LogP contribution is -2.30. The number of hydrogen-bond donors (Lipinski definition) is 2. The van der Waals surface area contributed by atoms with Gasteiger partial charge in [-0.2, -0.15) is 0 Å². The Morgan fingerprint density at radius 2 is 2.31 bits per heavy atom. The second-order valence-corrected chi connectivity index (χ2v) is 3.40. The van der Waals surface area contributed by atoms with Crippen LogP contribution in [0.1, 0.15) is 12.8 Å². The lowest BCUT2D eigenvalue weighted by atomic mass is 10.4. The number of nitrogens with one attached hydrogen (secondary N) is 2. The van der Waals surface area contributed by atoms with Crippen molar-refractivity contribution in [2.45, 2.75) is 12.8 Å². The van der Waals surface area contributed by atoms with E-state index in [-0.39, 0.29) is 12.5 Å². The van der Waals surface area contributed by atoms with Gasteiger partial charge >= 0.3 is 0 Å². The van der Waals surface area contributed by atoms with Crippen LogP contribution in [-0.2, 0) is 9.53 Å². The fourth-order valence-electron chi connectivity index (χ4n) is 0.970. The summed E-state index contributed by atoms with van der Waals surface area (Å²) in [6, 6.07) is 0. The minimum absolute atomic E-state index is 0.00278. The maximum Gasteiger partial charge on any atom is 0.246 e. The average Bonchev–Trinajstić information content (AvgIpc) is 2.92. The molecule has 1 aliphatic rings. The Hall–Kier alpha value is -0.610. The van der Waals surface area contributed by atoms with E-state index < -0.39 is 0 Å². The summed E-state index contributed by atoms with van der Waals surface area (Å²) in [7, 11) is 1.86. The van der Waals surface area contributed by atoms with Gasteiger partial charge in [0.25, 0.3) is 0 Å². The zero-order chi connectivity index (χ0) is 9.52. The third-order valence-electron chi connectivity index (χ3n) is 2.01. The molecular weight excluding hydrogens is 168 g/mol. The number of carbonyl (C=O) groups excluding carboxylic acids is 1. The molecular formula is C9H18N2O2. The standard InChI is InChI=1S/C9H18N2O2/c1-10-4-5-13-7-9(12)11-6-8-2-3-8/h8,10H,2-7H2,1H3,(H,11,12). The summed E-state index contributed by atoms with van der Waals surface area (Å²) in [5.74, 6) is 0.740. The normalized spacial score (nSPS) is 15.8. The van der Waals surface area contributed by atoms with Gasteiger partial charge in [-0.25, -0.2) is 0 Å². The van der Waals surface area contributed by atoms with Crippen LogP contribution in [0.15, 0.2) is 0 Å². The summed E-state index contributed by atoms with van der Waals surface area (Å²) in [6.07, 6.45) is 2.53. The van der Waals surface area contributed by atoms with Crippen molar-refractivity contribution in [3.63, 3.8) is 0 Å². The molecule has 0 aromatic rings. The number of likely N-dealkylation sites (N-methyl/N-ethyl adjacent to an activating group) is 1. The molecule has 0 aromatic heterocycles. The van der Waals surface area contributed by atoms with Gasteiger partial charge in [-0.05, 0) is 25.8 Å². The second kappa shape index (κ2) is 5.94. The van der Waals surface area contributed by atoms with Crippen molar-refractivity contribution in [1.82, 2.24) is 10.6 Å². The Morgan fingerprint density at radius 3 is 2.92 bits per heavy atom. The van der Waals surface area contributed by atoms with Gasteiger partial charge in [0, 0.05) is 13.1 Å². The molecule has 1 aliphatic carbocycles. The molecule has 0 saturated heterocycles. The molecule has 0 bridgehead atoms. The largest absolute Gasteiger partial charge is 0.370 e. The van der Waals surface area contributed by atoms with E-state index >= 15 is 0 Å². The Kier molecular flexibility index (Phi) is 4.78. The molecule has 0 radical (unpaired) electrons. The van der Waals surface area contributed by atoms with Gasteiger partial charge in [-0.3, -0.25) is 4.79 Å². The summed E-state index contributed by atoms with van der Waals surface area (Å²) in [6.45, 7) is 2.39. The Balaban J connectivity index is 1.84. The zero-order valence-electron chi connectivity index (χ0n) is 8.14. The van der Waals surface area contributed by atoms with E-state index in [1.807, 2.05) is 7.05 Å². The molecule has 13 heavy (non-hydrogen) atoms. The van der Waals surface area contributed by atoms with Crippen molar-refractivity contribution >= 4 is 5.91 Å². The van der Waals surface area contributed by atoms with E-state index in [2.05, 4.69) is 10.6 Å². The Morgan fingerprint density at radius 1 is 1.54 bits per heavy atom. The first kappa shape index (κ1) is 10.5. The minimum Gasteiger partial charge on any atom is -0.370 e. The Labute approximate surface area is 79.0 Å². The van der Waals surface area contributed by atoms with E-state index in [1.54, 1.807) is 0 Å². The van der Waals surface area contributed by atoms with Gasteiger partial charge < -0.3 is 15.4 Å². The van der Waals surface area contributed by atoms with Crippen LogP contribution in [0.25, 0.3) is 0 Å². The van der Waals surface area contributed by atoms with E-state index in [1.165, 1.54) is 12.8 Å². The summed E-state index contributed by atoms with van der Waals surface area (Å²) < 4.78 is 5.11. The fraction of sp³-hybridized carbons (Fsp3) is 0.889.